The van der Waals surface area contributed by atoms with Crippen molar-refractivity contribution in [1.29, 1.82) is 0 Å². The first-order valence-electron chi connectivity index (χ1n) is 25.2. The van der Waals surface area contributed by atoms with Crippen LogP contribution < -0.4 is 26.6 Å². The van der Waals surface area contributed by atoms with Gasteiger partial charge in [-0.15, -0.1) is 11.8 Å². The Hall–Kier alpha value is -4.87. The van der Waals surface area contributed by atoms with E-state index < -0.39 is 53.5 Å². The predicted octanol–water partition coefficient (Wildman–Crippen LogP) is 5.57. The number of aromatic nitrogens is 1. The van der Waals surface area contributed by atoms with E-state index in [4.69, 9.17) is 4.74 Å². The second-order valence-electron chi connectivity index (χ2n) is 20.5. The zero-order valence-electron chi connectivity index (χ0n) is 39.6. The summed E-state index contributed by atoms with van der Waals surface area (Å²) in [5, 5.41) is 44.0. The Morgan fingerprint density at radius 1 is 0.928 bits per heavy atom. The van der Waals surface area contributed by atoms with E-state index in [2.05, 4.69) is 80.1 Å². The van der Waals surface area contributed by atoms with Gasteiger partial charge in [0.25, 0.3) is 0 Å². The molecule has 1 saturated heterocycles. The fourth-order valence-electron chi connectivity index (χ4n) is 13.7. The number of carboxylic acid groups (broad SMARTS) is 2. The largest absolute Gasteiger partial charge is 0.480 e. The normalized spacial score (nSPS) is 29.2. The molecule has 9 rings (SSSR count). The Kier molecular flexibility index (Phi) is 15.1. The number of carbonyl (C=O) groups is 5. The number of allylic oxidation sites excluding steroid dienone is 2. The molecule has 1 spiro atoms. The lowest BCUT2D eigenvalue weighted by atomic mass is 9.58. The Morgan fingerprint density at radius 3 is 2.45 bits per heavy atom. The average molecular weight is 965 g/mol. The molecular formula is C53H68N6O9S. The molecule has 1 aromatic heterocycles. The molecule has 10 atom stereocenters. The number of rotatable bonds is 17. The van der Waals surface area contributed by atoms with Crippen LogP contribution in [0.1, 0.15) is 119 Å². The number of carbonyl (C=O) groups excluding carboxylic acids is 3. The van der Waals surface area contributed by atoms with Crippen LogP contribution in [-0.2, 0) is 35.1 Å². The molecule has 8 N–H and O–H groups in total. The summed E-state index contributed by atoms with van der Waals surface area (Å²) in [5.41, 5.74) is 6.65. The summed E-state index contributed by atoms with van der Waals surface area (Å²) in [6.07, 6.45) is 19.0. The maximum Gasteiger partial charge on any atom is 0.353 e. The molecule has 3 heterocycles. The van der Waals surface area contributed by atoms with Gasteiger partial charge < -0.3 is 41.3 Å². The van der Waals surface area contributed by atoms with Gasteiger partial charge >= 0.3 is 17.9 Å². The van der Waals surface area contributed by atoms with E-state index >= 15 is 4.79 Å². The highest BCUT2D eigenvalue weighted by atomic mass is 32.2. The van der Waals surface area contributed by atoms with Gasteiger partial charge in [-0.05, 0) is 147 Å². The summed E-state index contributed by atoms with van der Waals surface area (Å²) < 4.78 is 6.90. The second kappa shape index (κ2) is 21.2. The van der Waals surface area contributed by atoms with Crippen LogP contribution in [-0.4, -0.2) is 105 Å². The lowest BCUT2D eigenvalue weighted by molar-refractivity contribution is -0.151. The van der Waals surface area contributed by atoms with E-state index in [9.17, 15) is 34.5 Å². The number of ether oxygens (including phenoxy) is 1. The maximum atomic E-state index is 15.4. The first-order valence-corrected chi connectivity index (χ1v) is 26.3. The van der Waals surface area contributed by atoms with E-state index in [1.165, 1.54) is 34.0 Å². The Labute approximate surface area is 408 Å². The number of nitrogens with one attached hydrogen (secondary N) is 5. The van der Waals surface area contributed by atoms with Gasteiger partial charge in [0.1, 0.15) is 23.8 Å². The predicted molar refractivity (Wildman–Crippen MR) is 261 cm³/mol. The van der Waals surface area contributed by atoms with Crippen LogP contribution >= 0.6 is 11.8 Å². The van der Waals surface area contributed by atoms with Crippen LogP contribution in [0.5, 0.6) is 0 Å². The van der Waals surface area contributed by atoms with Crippen molar-refractivity contribution in [3.8, 4) is 0 Å². The summed E-state index contributed by atoms with van der Waals surface area (Å²) in [4.78, 5) is 71.0. The van der Waals surface area contributed by atoms with Crippen LogP contribution in [0.25, 0.3) is 6.08 Å². The van der Waals surface area contributed by atoms with Crippen LogP contribution in [0.4, 0.5) is 0 Å². The molecular weight excluding hydrogens is 897 g/mol. The first kappa shape index (κ1) is 49.1. The van der Waals surface area contributed by atoms with Crippen molar-refractivity contribution in [2.75, 3.05) is 26.0 Å². The molecule has 0 radical (unpaired) electrons. The first-order chi connectivity index (χ1) is 33.4. The number of amides is 2. The van der Waals surface area contributed by atoms with E-state index in [1.54, 1.807) is 7.05 Å². The molecule has 0 unspecified atom stereocenters. The molecule has 7 aliphatic rings. The number of piperidine rings is 1. The van der Waals surface area contributed by atoms with Crippen molar-refractivity contribution in [1.82, 2.24) is 31.6 Å². The van der Waals surface area contributed by atoms with Crippen molar-refractivity contribution in [2.45, 2.75) is 138 Å². The molecule has 16 heteroatoms. The molecule has 2 saturated carbocycles. The summed E-state index contributed by atoms with van der Waals surface area (Å²) in [5.74, 6) is -3.53. The van der Waals surface area contributed by atoms with Crippen LogP contribution in [0.15, 0.2) is 77.3 Å². The zero-order valence-corrected chi connectivity index (χ0v) is 40.4. The van der Waals surface area contributed by atoms with Crippen molar-refractivity contribution >= 4 is 47.6 Å². The van der Waals surface area contributed by atoms with E-state index in [1.807, 2.05) is 12.4 Å². The molecule has 2 amide bonds. The zero-order chi connectivity index (χ0) is 48.3. The SMILES string of the molecule is CNCN[C@@H](CCC(=O)N[C@@H](CS[C@H]1C2=C3[C@@H](CCCCCC14CCCC4)CC(Cc1ccncc1)=C([C@]14CC[C@H]5c6ccccc6C=C[C@H](CCN1)[C@@H]54)[C@H]3C(=O)O2)C(=O)N[C@@H](O)C(=O)O)C(=O)O. The summed E-state index contributed by atoms with van der Waals surface area (Å²) in [6, 6.07) is 10.6. The molecule has 5 aliphatic carbocycles. The quantitative estimate of drug-likeness (QED) is 0.0552. The third-order valence-corrected chi connectivity index (χ3v) is 18.2. The number of hydrogen-bond acceptors (Lipinski definition) is 12. The fraction of sp³-hybridized carbons (Fsp3) is 0.585. The highest BCUT2D eigenvalue weighted by Gasteiger charge is 2.62. The highest BCUT2D eigenvalue weighted by molar-refractivity contribution is 8.00. The van der Waals surface area contributed by atoms with Crippen LogP contribution in [0.3, 0.4) is 0 Å². The number of hydrogen-bond donors (Lipinski definition) is 8. The summed E-state index contributed by atoms with van der Waals surface area (Å²) >= 11 is 1.47. The number of pyridine rings is 1. The number of aliphatic carboxylic acids is 2. The Morgan fingerprint density at radius 2 is 1.70 bits per heavy atom. The number of carboxylic acids is 2. The van der Waals surface area contributed by atoms with E-state index in [0.29, 0.717) is 24.0 Å². The molecule has 370 valence electrons. The smallest absolute Gasteiger partial charge is 0.353 e. The number of aliphatic hydroxyl groups is 1. The third kappa shape index (κ3) is 9.93. The minimum absolute atomic E-state index is 0.0149. The van der Waals surface area contributed by atoms with Gasteiger partial charge in [0.05, 0.1) is 5.25 Å². The van der Waals surface area contributed by atoms with Crippen LogP contribution in [0.2, 0.25) is 0 Å². The van der Waals surface area contributed by atoms with Gasteiger partial charge in [-0.2, -0.15) is 0 Å². The third-order valence-electron chi connectivity index (χ3n) is 16.6. The van der Waals surface area contributed by atoms with E-state index in [-0.39, 0.29) is 53.7 Å². The number of benzene rings is 1. The Balaban J connectivity index is 1.13. The lowest BCUT2D eigenvalue weighted by Gasteiger charge is -2.51. The maximum absolute atomic E-state index is 15.4. The Bertz CT molecular complexity index is 2370. The molecule has 3 fully saturated rings. The number of aliphatic hydroxyl groups excluding tert-OH is 1. The second-order valence-corrected chi connectivity index (χ2v) is 21.7. The molecule has 69 heavy (non-hydrogen) atoms. The van der Waals surface area contributed by atoms with Crippen molar-refractivity contribution in [3.05, 3.63) is 94.0 Å². The van der Waals surface area contributed by atoms with Gasteiger partial charge in [0, 0.05) is 36.8 Å². The minimum atomic E-state index is -2.21. The van der Waals surface area contributed by atoms with Gasteiger partial charge in [0.2, 0.25) is 18.0 Å². The summed E-state index contributed by atoms with van der Waals surface area (Å²) in [7, 11) is 1.66. The molecule has 0 bridgehead atoms. The minimum Gasteiger partial charge on any atom is -0.480 e. The number of thioether (sulfide) groups is 1. The lowest BCUT2D eigenvalue weighted by Crippen LogP contribution is -2.59. The molecule has 2 aromatic rings. The number of fused-ring (bicyclic) bond motifs is 2. The van der Waals surface area contributed by atoms with Crippen molar-refractivity contribution < 1.29 is 44.0 Å². The van der Waals surface area contributed by atoms with Crippen molar-refractivity contribution in [3.63, 3.8) is 0 Å². The molecule has 2 aliphatic heterocycles. The molecule has 15 nitrogen and oxygen atoms in total. The van der Waals surface area contributed by atoms with E-state index in [0.717, 1.165) is 101 Å². The van der Waals surface area contributed by atoms with Crippen molar-refractivity contribution in [2.24, 2.45) is 29.1 Å². The van der Waals surface area contributed by atoms with Gasteiger partial charge in [-0.25, -0.2) is 4.79 Å². The topological polar surface area (TPSA) is 228 Å². The molecule has 1 aromatic carbocycles. The van der Waals surface area contributed by atoms with Gasteiger partial charge in [0.15, 0.2) is 0 Å². The van der Waals surface area contributed by atoms with Gasteiger partial charge in [-0.3, -0.25) is 29.5 Å². The standard InChI is InChI=1S/C53H68N6O9S/c1-54-30-56-38(49(63)64)14-15-40(60)58-39(47(61)59-48(62)50(65)66)29-69-46-45-41-34(10-3-2-6-20-52(46)21-7-8-22-52)28-35(27-31-17-24-55-25-18-31)44(42(41)51(67)68-45)53-23-16-37-36-11-5-4-9-32(36)12-13-33(43(37)53)19-26-57-53/h4-5,9,11-13,17-18,24-25,33-34,37-39,42-43,46,48,54,56-57,62H,2-3,6-8,10,14-16,19-23,26-30H2,1H3,(H,58,60)(H,59,61)(H,63,64)(H,65,66)/t33-,34+,37+,38+,39+,42+,43+,46+,48+,53-/m1/s1. The van der Waals surface area contributed by atoms with Gasteiger partial charge in [-0.1, -0.05) is 74.1 Å². The average Bonchev–Trinajstić information content (AvgIpc) is 4.04. The fourth-order valence-corrected chi connectivity index (χ4v) is 15.4. The number of nitrogens with zero attached hydrogens (tertiary/aromatic N) is 1. The summed E-state index contributed by atoms with van der Waals surface area (Å²) in [6.45, 7) is 1.03. The number of esters is 1. The highest BCUT2D eigenvalue weighted by Crippen LogP contribution is 2.64. The monoisotopic (exact) mass is 964 g/mol. The van der Waals surface area contributed by atoms with Crippen LogP contribution in [0, 0.1) is 29.1 Å².